The molecule has 4 aromatic rings. The highest BCUT2D eigenvalue weighted by Crippen LogP contribution is 2.40. The van der Waals surface area contributed by atoms with Crippen LogP contribution in [0.25, 0.3) is 11.3 Å². The van der Waals surface area contributed by atoms with Gasteiger partial charge in [0.15, 0.2) is 5.11 Å². The lowest BCUT2D eigenvalue weighted by Gasteiger charge is -2.26. The number of benzene rings is 2. The summed E-state index contributed by atoms with van der Waals surface area (Å²) in [6.07, 6.45) is 2.89. The fourth-order valence-corrected chi connectivity index (χ4v) is 5.22. The van der Waals surface area contributed by atoms with Crippen LogP contribution >= 0.6 is 12.2 Å². The van der Waals surface area contributed by atoms with E-state index in [0.29, 0.717) is 18.3 Å². The molecule has 3 heterocycles. The van der Waals surface area contributed by atoms with Gasteiger partial charge in [0, 0.05) is 30.4 Å². The molecular formula is C31H32N4O3S. The molecule has 0 unspecified atom stereocenters. The minimum Gasteiger partial charge on any atom is -0.494 e. The largest absolute Gasteiger partial charge is 0.494 e. The first-order valence-electron chi connectivity index (χ1n) is 13.3. The number of aryl methyl sites for hydroxylation is 1. The van der Waals surface area contributed by atoms with Crippen LogP contribution < -0.4 is 15.4 Å². The van der Waals surface area contributed by atoms with Crippen molar-refractivity contribution in [1.29, 1.82) is 0 Å². The maximum atomic E-state index is 13.0. The Morgan fingerprint density at radius 1 is 1.05 bits per heavy atom. The Kier molecular flexibility index (Phi) is 8.22. The Balaban J connectivity index is 1.38. The first-order valence-corrected chi connectivity index (χ1v) is 13.7. The van der Waals surface area contributed by atoms with Crippen molar-refractivity contribution in [3.63, 3.8) is 0 Å². The lowest BCUT2D eigenvalue weighted by molar-refractivity contribution is -0.116. The van der Waals surface area contributed by atoms with Gasteiger partial charge in [-0.15, -0.1) is 0 Å². The Morgan fingerprint density at radius 3 is 2.59 bits per heavy atom. The number of furan rings is 1. The minimum atomic E-state index is -0.264. The average Bonchev–Trinajstić information content (AvgIpc) is 3.58. The number of carbonyl (C=O) groups is 1. The summed E-state index contributed by atoms with van der Waals surface area (Å²) in [6, 6.07) is 25.0. The number of hydrogen-bond acceptors (Lipinski definition) is 5. The zero-order valence-corrected chi connectivity index (χ0v) is 22.9. The van der Waals surface area contributed by atoms with Crippen LogP contribution in [-0.2, 0) is 11.2 Å². The summed E-state index contributed by atoms with van der Waals surface area (Å²) in [5.41, 5.74) is 3.76. The highest BCUT2D eigenvalue weighted by molar-refractivity contribution is 7.80. The van der Waals surface area contributed by atoms with Gasteiger partial charge >= 0.3 is 0 Å². The molecule has 0 radical (unpaired) electrons. The van der Waals surface area contributed by atoms with E-state index in [4.69, 9.17) is 21.4 Å². The second-order valence-electron chi connectivity index (χ2n) is 9.29. The van der Waals surface area contributed by atoms with Crippen LogP contribution in [0.15, 0.2) is 89.5 Å². The summed E-state index contributed by atoms with van der Waals surface area (Å²) < 4.78 is 12.0. The average molecular weight is 541 g/mol. The summed E-state index contributed by atoms with van der Waals surface area (Å²) >= 11 is 5.76. The molecule has 39 heavy (non-hydrogen) atoms. The van der Waals surface area contributed by atoms with Crippen molar-refractivity contribution in [2.24, 2.45) is 0 Å². The van der Waals surface area contributed by atoms with E-state index in [1.807, 2.05) is 90.7 Å². The number of anilines is 1. The van der Waals surface area contributed by atoms with E-state index >= 15 is 0 Å². The Morgan fingerprint density at radius 2 is 1.85 bits per heavy atom. The molecule has 5 rings (SSSR count). The molecule has 0 spiro atoms. The first-order chi connectivity index (χ1) is 19.1. The minimum absolute atomic E-state index is 0.0618. The number of hydrogen-bond donors (Lipinski definition) is 2. The molecule has 1 saturated heterocycles. The monoisotopic (exact) mass is 540 g/mol. The van der Waals surface area contributed by atoms with Crippen molar-refractivity contribution in [2.75, 3.05) is 18.5 Å². The third kappa shape index (κ3) is 5.96. The Bertz CT molecular complexity index is 1420. The molecule has 8 heteroatoms. The van der Waals surface area contributed by atoms with Crippen LogP contribution in [0.3, 0.4) is 0 Å². The molecule has 0 bridgehead atoms. The third-order valence-corrected chi connectivity index (χ3v) is 7.17. The molecule has 1 fully saturated rings. The van der Waals surface area contributed by atoms with E-state index in [9.17, 15) is 4.79 Å². The predicted molar refractivity (Wildman–Crippen MR) is 157 cm³/mol. The maximum Gasteiger partial charge on any atom is 0.226 e. The number of aromatic nitrogens is 1. The van der Waals surface area contributed by atoms with Crippen molar-refractivity contribution in [3.05, 3.63) is 102 Å². The van der Waals surface area contributed by atoms with Crippen molar-refractivity contribution < 1.29 is 13.9 Å². The number of thiocarbonyl (C=S) groups is 1. The van der Waals surface area contributed by atoms with E-state index in [1.165, 1.54) is 0 Å². The molecule has 1 aliphatic rings. The third-order valence-electron chi connectivity index (χ3n) is 6.82. The normalized spacial score (nSPS) is 16.7. The van der Waals surface area contributed by atoms with Crippen LogP contribution in [0.2, 0.25) is 0 Å². The molecular weight excluding hydrogens is 508 g/mol. The second kappa shape index (κ2) is 12.1. The van der Waals surface area contributed by atoms with Crippen molar-refractivity contribution in [1.82, 2.24) is 15.2 Å². The Labute approximate surface area is 234 Å². The zero-order valence-electron chi connectivity index (χ0n) is 22.1. The molecule has 1 amide bonds. The number of carbonyl (C=O) groups excluding carboxylic acids is 1. The molecule has 0 saturated carbocycles. The number of nitrogens with zero attached hydrogens (tertiary/aromatic N) is 2. The quantitative estimate of drug-likeness (QED) is 0.228. The number of rotatable bonds is 10. The first kappa shape index (κ1) is 26.4. The van der Waals surface area contributed by atoms with Gasteiger partial charge in [-0.25, -0.2) is 0 Å². The fraction of sp³-hybridized carbons (Fsp3) is 0.258. The van der Waals surface area contributed by atoms with Gasteiger partial charge in [-0.05, 0) is 85.7 Å². The molecule has 2 aromatic heterocycles. The number of pyridine rings is 1. The number of para-hydroxylation sites is 1. The van der Waals surface area contributed by atoms with Crippen LogP contribution in [0.4, 0.5) is 5.69 Å². The summed E-state index contributed by atoms with van der Waals surface area (Å²) in [7, 11) is 0. The predicted octanol–water partition coefficient (Wildman–Crippen LogP) is 6.30. The number of amides is 1. The smallest absolute Gasteiger partial charge is 0.226 e. The van der Waals surface area contributed by atoms with E-state index < -0.39 is 0 Å². The van der Waals surface area contributed by atoms with Gasteiger partial charge in [0.25, 0.3) is 0 Å². The van der Waals surface area contributed by atoms with Crippen molar-refractivity contribution in [3.8, 4) is 17.1 Å². The van der Waals surface area contributed by atoms with Gasteiger partial charge in [-0.2, -0.15) is 0 Å². The van der Waals surface area contributed by atoms with Crippen LogP contribution in [0.5, 0.6) is 5.75 Å². The lowest BCUT2D eigenvalue weighted by atomic mass is 10.0. The summed E-state index contributed by atoms with van der Waals surface area (Å²) in [4.78, 5) is 19.6. The van der Waals surface area contributed by atoms with Gasteiger partial charge in [-0.3, -0.25) is 9.78 Å². The molecule has 2 atom stereocenters. The molecule has 0 aliphatic carbocycles. The van der Waals surface area contributed by atoms with E-state index in [1.54, 1.807) is 6.20 Å². The Hall–Kier alpha value is -4.17. The van der Waals surface area contributed by atoms with Crippen molar-refractivity contribution in [2.45, 2.75) is 38.8 Å². The van der Waals surface area contributed by atoms with Crippen LogP contribution in [0, 0.1) is 0 Å². The van der Waals surface area contributed by atoms with E-state index in [2.05, 4.69) is 22.5 Å². The van der Waals surface area contributed by atoms with Gasteiger partial charge in [-0.1, -0.05) is 31.2 Å². The summed E-state index contributed by atoms with van der Waals surface area (Å²) in [6.45, 7) is 5.09. The van der Waals surface area contributed by atoms with Crippen LogP contribution in [-0.4, -0.2) is 34.1 Å². The molecule has 7 nitrogen and oxygen atoms in total. The zero-order chi connectivity index (χ0) is 27.2. The number of nitrogens with one attached hydrogen (secondary N) is 2. The number of ether oxygens (including phenoxy) is 1. The maximum absolute atomic E-state index is 13.0. The SMILES string of the molecule is CCOc1ccc(-c2ccc([C@H]3[C@@H](c4ccccn4)NC(=S)N3CCC(=O)Nc3ccccc3CC)o2)cc1. The molecule has 2 N–H and O–H groups in total. The molecule has 1 aliphatic heterocycles. The highest BCUT2D eigenvalue weighted by atomic mass is 32.1. The van der Waals surface area contributed by atoms with Gasteiger partial charge in [0.05, 0.1) is 18.3 Å². The molecule has 200 valence electrons. The summed E-state index contributed by atoms with van der Waals surface area (Å²) in [5.74, 6) is 2.26. The molecule has 2 aromatic carbocycles. The van der Waals surface area contributed by atoms with E-state index in [0.717, 1.165) is 46.2 Å². The van der Waals surface area contributed by atoms with Crippen LogP contribution in [0.1, 0.15) is 49.4 Å². The van der Waals surface area contributed by atoms with Gasteiger partial charge in [0.1, 0.15) is 23.3 Å². The fourth-order valence-electron chi connectivity index (χ4n) is 4.89. The lowest BCUT2D eigenvalue weighted by Crippen LogP contribution is -2.32. The second-order valence-corrected chi connectivity index (χ2v) is 9.67. The standard InChI is InChI=1S/C31H32N4O3S/c1-3-21-9-5-6-10-24(21)33-28(36)18-20-35-30(29(34-31(35)39)25-11-7-8-19-32-25)27-17-16-26(38-27)22-12-14-23(15-13-22)37-4-2/h5-17,19,29-30H,3-4,18,20H2,1-2H3,(H,33,36)(H,34,39)/t29-,30+/m1/s1. The van der Waals surface area contributed by atoms with E-state index in [-0.39, 0.29) is 24.4 Å². The topological polar surface area (TPSA) is 79.6 Å². The van der Waals surface area contributed by atoms with Gasteiger partial charge in [0.2, 0.25) is 5.91 Å². The van der Waals surface area contributed by atoms with Crippen molar-refractivity contribution >= 4 is 28.9 Å². The highest BCUT2D eigenvalue weighted by Gasteiger charge is 2.41. The van der Waals surface area contributed by atoms with Gasteiger partial charge < -0.3 is 24.7 Å². The summed E-state index contributed by atoms with van der Waals surface area (Å²) in [5, 5.41) is 7.05.